The van der Waals surface area contributed by atoms with Crippen molar-refractivity contribution < 1.29 is 9.53 Å². The van der Waals surface area contributed by atoms with Crippen molar-refractivity contribution in [1.82, 2.24) is 14.9 Å². The molecule has 0 fully saturated rings. The molecule has 1 aliphatic heterocycles. The van der Waals surface area contributed by atoms with Gasteiger partial charge in [-0.3, -0.25) is 4.98 Å². The SMILES string of the molecule is CC(C)(C)OC(=O)N1CC=C(c2cnc3ccc(Cl)nc3c2)CC1. The fourth-order valence-electron chi connectivity index (χ4n) is 2.58. The maximum absolute atomic E-state index is 12.1. The molecule has 0 spiro atoms. The topological polar surface area (TPSA) is 55.3 Å². The van der Waals surface area contributed by atoms with Crippen LogP contribution >= 0.6 is 11.6 Å². The van der Waals surface area contributed by atoms with Gasteiger partial charge in [0.2, 0.25) is 0 Å². The zero-order valence-electron chi connectivity index (χ0n) is 14.0. The van der Waals surface area contributed by atoms with Crippen LogP contribution in [-0.2, 0) is 4.74 Å². The molecule has 1 amide bonds. The minimum atomic E-state index is -0.478. The number of halogens is 1. The van der Waals surface area contributed by atoms with Crippen LogP contribution < -0.4 is 0 Å². The quantitative estimate of drug-likeness (QED) is 0.723. The Balaban J connectivity index is 1.76. The fraction of sp³-hybridized carbons (Fsp3) is 0.389. The van der Waals surface area contributed by atoms with E-state index in [1.807, 2.05) is 45.2 Å². The molecule has 2 aromatic rings. The van der Waals surface area contributed by atoms with Gasteiger partial charge in [-0.15, -0.1) is 0 Å². The third kappa shape index (κ3) is 3.85. The molecule has 0 bridgehead atoms. The number of amides is 1. The predicted octanol–water partition coefficient (Wildman–Crippen LogP) is 4.31. The van der Waals surface area contributed by atoms with Crippen molar-refractivity contribution in [2.45, 2.75) is 32.8 Å². The highest BCUT2D eigenvalue weighted by Gasteiger charge is 2.24. The number of hydrogen-bond acceptors (Lipinski definition) is 4. The lowest BCUT2D eigenvalue weighted by Gasteiger charge is -2.29. The Morgan fingerprint density at radius 3 is 2.75 bits per heavy atom. The Morgan fingerprint density at radius 2 is 2.08 bits per heavy atom. The maximum Gasteiger partial charge on any atom is 0.410 e. The predicted molar refractivity (Wildman–Crippen MR) is 94.9 cm³/mol. The molecule has 0 atom stereocenters. The van der Waals surface area contributed by atoms with Gasteiger partial charge < -0.3 is 9.64 Å². The van der Waals surface area contributed by atoms with Crippen LogP contribution in [0.4, 0.5) is 4.79 Å². The van der Waals surface area contributed by atoms with Crippen LogP contribution in [0.2, 0.25) is 5.15 Å². The molecule has 0 unspecified atom stereocenters. The summed E-state index contributed by atoms with van der Waals surface area (Å²) in [5.74, 6) is 0. The lowest BCUT2D eigenvalue weighted by atomic mass is 10.0. The second-order valence-electron chi connectivity index (χ2n) is 6.80. The van der Waals surface area contributed by atoms with Gasteiger partial charge in [-0.05, 0) is 56.5 Å². The molecule has 5 nitrogen and oxygen atoms in total. The molecule has 6 heteroatoms. The fourth-order valence-corrected chi connectivity index (χ4v) is 2.74. The first-order chi connectivity index (χ1) is 11.3. The van der Waals surface area contributed by atoms with Crippen LogP contribution in [0.1, 0.15) is 32.8 Å². The van der Waals surface area contributed by atoms with Crippen LogP contribution in [0.3, 0.4) is 0 Å². The van der Waals surface area contributed by atoms with Crippen molar-refractivity contribution >= 4 is 34.3 Å². The number of carbonyl (C=O) groups is 1. The number of aromatic nitrogens is 2. The molecule has 0 aromatic carbocycles. The first-order valence-corrected chi connectivity index (χ1v) is 8.29. The Labute approximate surface area is 146 Å². The third-order valence-electron chi connectivity index (χ3n) is 3.73. The molecule has 0 aliphatic carbocycles. The van der Waals surface area contributed by atoms with Gasteiger partial charge in [0, 0.05) is 19.3 Å². The Kier molecular flexibility index (Phi) is 4.45. The zero-order valence-corrected chi connectivity index (χ0v) is 14.8. The summed E-state index contributed by atoms with van der Waals surface area (Å²) in [6.07, 6.45) is 4.36. The molecular formula is C18H20ClN3O2. The van der Waals surface area contributed by atoms with Gasteiger partial charge in [-0.25, -0.2) is 9.78 Å². The van der Waals surface area contributed by atoms with Crippen molar-refractivity contribution in [2.75, 3.05) is 13.1 Å². The summed E-state index contributed by atoms with van der Waals surface area (Å²) in [5, 5.41) is 0.454. The monoisotopic (exact) mass is 345 g/mol. The van der Waals surface area contributed by atoms with Crippen molar-refractivity contribution in [3.05, 3.63) is 41.2 Å². The van der Waals surface area contributed by atoms with E-state index in [9.17, 15) is 4.79 Å². The smallest absolute Gasteiger partial charge is 0.410 e. The Hall–Kier alpha value is -2.14. The van der Waals surface area contributed by atoms with Gasteiger partial charge in [-0.2, -0.15) is 0 Å². The van der Waals surface area contributed by atoms with Crippen LogP contribution in [0.25, 0.3) is 16.6 Å². The van der Waals surface area contributed by atoms with E-state index in [0.29, 0.717) is 18.2 Å². The van der Waals surface area contributed by atoms with Crippen LogP contribution in [0.5, 0.6) is 0 Å². The molecule has 0 radical (unpaired) electrons. The molecule has 3 rings (SSSR count). The van der Waals surface area contributed by atoms with Gasteiger partial charge in [0.1, 0.15) is 10.8 Å². The summed E-state index contributed by atoms with van der Waals surface area (Å²) >= 11 is 5.95. The lowest BCUT2D eigenvalue weighted by molar-refractivity contribution is 0.0270. The highest BCUT2D eigenvalue weighted by Crippen LogP contribution is 2.25. The lowest BCUT2D eigenvalue weighted by Crippen LogP contribution is -2.39. The second kappa shape index (κ2) is 6.40. The first kappa shape index (κ1) is 16.7. The summed E-state index contributed by atoms with van der Waals surface area (Å²) < 4.78 is 5.41. The van der Waals surface area contributed by atoms with Gasteiger partial charge >= 0.3 is 6.09 Å². The van der Waals surface area contributed by atoms with Crippen LogP contribution in [0.15, 0.2) is 30.5 Å². The largest absolute Gasteiger partial charge is 0.444 e. The number of rotatable bonds is 1. The minimum Gasteiger partial charge on any atom is -0.444 e. The van der Waals surface area contributed by atoms with Crippen LogP contribution in [0, 0.1) is 0 Å². The highest BCUT2D eigenvalue weighted by molar-refractivity contribution is 6.29. The van der Waals surface area contributed by atoms with E-state index in [1.165, 1.54) is 0 Å². The normalized spacial score (nSPS) is 15.3. The van der Waals surface area contributed by atoms with Gasteiger partial charge in [0.25, 0.3) is 0 Å². The highest BCUT2D eigenvalue weighted by atomic mass is 35.5. The zero-order chi connectivity index (χ0) is 17.3. The van der Waals surface area contributed by atoms with E-state index < -0.39 is 5.60 Å². The number of fused-ring (bicyclic) bond motifs is 1. The average molecular weight is 346 g/mol. The summed E-state index contributed by atoms with van der Waals surface area (Å²) in [7, 11) is 0. The molecule has 2 aromatic heterocycles. The maximum atomic E-state index is 12.1. The van der Waals surface area contributed by atoms with E-state index >= 15 is 0 Å². The summed E-state index contributed by atoms with van der Waals surface area (Å²) in [5.41, 5.74) is 3.28. The molecule has 0 N–H and O–H groups in total. The molecule has 0 saturated heterocycles. The van der Waals surface area contributed by atoms with E-state index in [2.05, 4.69) is 9.97 Å². The van der Waals surface area contributed by atoms with E-state index in [4.69, 9.17) is 16.3 Å². The van der Waals surface area contributed by atoms with Crippen molar-refractivity contribution in [1.29, 1.82) is 0 Å². The van der Waals surface area contributed by atoms with E-state index in [-0.39, 0.29) is 6.09 Å². The Bertz CT molecular complexity index is 812. The number of ether oxygens (including phenoxy) is 1. The minimum absolute atomic E-state index is 0.275. The van der Waals surface area contributed by atoms with Crippen molar-refractivity contribution in [2.24, 2.45) is 0 Å². The molecular weight excluding hydrogens is 326 g/mol. The third-order valence-corrected chi connectivity index (χ3v) is 3.95. The standard InChI is InChI=1S/C18H20ClN3O2/c1-18(2,3)24-17(23)22-8-6-12(7-9-22)13-10-15-14(20-11-13)4-5-16(19)21-15/h4-6,10-11H,7-9H2,1-3H3. The molecule has 126 valence electrons. The van der Waals surface area contributed by atoms with Crippen LogP contribution in [-0.4, -0.2) is 39.7 Å². The molecule has 24 heavy (non-hydrogen) atoms. The van der Waals surface area contributed by atoms with Gasteiger partial charge in [0.15, 0.2) is 0 Å². The number of pyridine rings is 2. The van der Waals surface area contributed by atoms with Crippen molar-refractivity contribution in [3.63, 3.8) is 0 Å². The van der Waals surface area contributed by atoms with Gasteiger partial charge in [-0.1, -0.05) is 17.7 Å². The van der Waals surface area contributed by atoms with Gasteiger partial charge in [0.05, 0.1) is 11.0 Å². The number of nitrogens with zero attached hydrogens (tertiary/aromatic N) is 3. The number of hydrogen-bond donors (Lipinski definition) is 0. The second-order valence-corrected chi connectivity index (χ2v) is 7.19. The molecule has 3 heterocycles. The number of carbonyl (C=O) groups excluding carboxylic acids is 1. The first-order valence-electron chi connectivity index (χ1n) is 7.91. The molecule has 1 aliphatic rings. The van der Waals surface area contributed by atoms with E-state index in [1.54, 1.807) is 11.0 Å². The summed E-state index contributed by atoms with van der Waals surface area (Å²) in [4.78, 5) is 22.6. The average Bonchev–Trinajstić information content (AvgIpc) is 2.52. The Morgan fingerprint density at radius 1 is 1.29 bits per heavy atom. The van der Waals surface area contributed by atoms with Crippen molar-refractivity contribution in [3.8, 4) is 0 Å². The summed E-state index contributed by atoms with van der Waals surface area (Å²) in [6, 6.07) is 5.58. The molecule has 0 saturated carbocycles. The summed E-state index contributed by atoms with van der Waals surface area (Å²) in [6.45, 7) is 6.77. The van der Waals surface area contributed by atoms with E-state index in [0.717, 1.165) is 28.6 Å².